The summed E-state index contributed by atoms with van der Waals surface area (Å²) in [5.41, 5.74) is 0.542. The zero-order chi connectivity index (χ0) is 16.8. The summed E-state index contributed by atoms with van der Waals surface area (Å²) in [4.78, 5) is 18.5. The first-order valence-electron chi connectivity index (χ1n) is 8.34. The Balaban J connectivity index is 1.82. The van der Waals surface area contributed by atoms with Crippen molar-refractivity contribution in [3.05, 3.63) is 29.6 Å². The molecule has 1 amide bonds. The lowest BCUT2D eigenvalue weighted by Gasteiger charge is -2.44. The molecule has 2 fully saturated rings. The molecule has 5 nitrogen and oxygen atoms in total. The van der Waals surface area contributed by atoms with Crippen molar-refractivity contribution < 1.29 is 14.6 Å². The second-order valence-corrected chi connectivity index (χ2v) is 7.90. The van der Waals surface area contributed by atoms with E-state index in [-0.39, 0.29) is 18.2 Å². The van der Waals surface area contributed by atoms with E-state index in [1.54, 1.807) is 12.4 Å². The van der Waals surface area contributed by atoms with Gasteiger partial charge >= 0.3 is 6.09 Å². The number of hydrogen-bond donors (Lipinski definition) is 1. The smallest absolute Gasteiger partial charge is 0.410 e. The largest absolute Gasteiger partial charge is 0.444 e. The fourth-order valence-electron chi connectivity index (χ4n) is 4.01. The number of pyridine rings is 1. The van der Waals surface area contributed by atoms with Gasteiger partial charge in [-0.1, -0.05) is 0 Å². The maximum Gasteiger partial charge on any atom is 0.410 e. The third-order valence-electron chi connectivity index (χ3n) is 4.91. The third-order valence-corrected chi connectivity index (χ3v) is 4.91. The van der Waals surface area contributed by atoms with Gasteiger partial charge < -0.3 is 14.7 Å². The molecule has 3 rings (SSSR count). The van der Waals surface area contributed by atoms with Gasteiger partial charge in [0, 0.05) is 42.9 Å². The minimum atomic E-state index is -0.900. The maximum absolute atomic E-state index is 12.5. The van der Waals surface area contributed by atoms with E-state index in [9.17, 15) is 9.90 Å². The van der Waals surface area contributed by atoms with Gasteiger partial charge in [-0.3, -0.25) is 4.98 Å². The summed E-state index contributed by atoms with van der Waals surface area (Å²) >= 11 is 0. The van der Waals surface area contributed by atoms with Crippen molar-refractivity contribution in [2.75, 3.05) is 0 Å². The van der Waals surface area contributed by atoms with E-state index in [4.69, 9.17) is 4.74 Å². The predicted octanol–water partition coefficient (Wildman–Crippen LogP) is 3.14. The van der Waals surface area contributed by atoms with E-state index in [0.29, 0.717) is 12.8 Å². The van der Waals surface area contributed by atoms with Crippen LogP contribution in [0.25, 0.3) is 0 Å². The first-order valence-corrected chi connectivity index (χ1v) is 8.34. The summed E-state index contributed by atoms with van der Waals surface area (Å²) in [6.07, 6.45) is 6.20. The molecule has 23 heavy (non-hydrogen) atoms. The Hall–Kier alpha value is -1.62. The van der Waals surface area contributed by atoms with E-state index < -0.39 is 11.2 Å². The van der Waals surface area contributed by atoms with Gasteiger partial charge in [0.25, 0.3) is 0 Å². The number of piperidine rings is 1. The molecule has 0 saturated carbocycles. The van der Waals surface area contributed by atoms with Gasteiger partial charge in [0.2, 0.25) is 0 Å². The zero-order valence-corrected chi connectivity index (χ0v) is 14.4. The highest BCUT2D eigenvalue weighted by molar-refractivity contribution is 5.69. The molecule has 1 aromatic rings. The topological polar surface area (TPSA) is 62.7 Å². The molecular weight excluding hydrogens is 292 g/mol. The first-order chi connectivity index (χ1) is 10.7. The maximum atomic E-state index is 12.5. The van der Waals surface area contributed by atoms with Crippen LogP contribution in [0, 0.1) is 6.92 Å². The van der Waals surface area contributed by atoms with Crippen molar-refractivity contribution >= 4 is 6.09 Å². The molecule has 2 atom stereocenters. The highest BCUT2D eigenvalue weighted by Crippen LogP contribution is 2.46. The second kappa shape index (κ2) is 5.48. The average molecular weight is 318 g/mol. The molecule has 2 aliphatic rings. The number of hydrogen-bond acceptors (Lipinski definition) is 4. The van der Waals surface area contributed by atoms with Crippen LogP contribution in [0.5, 0.6) is 0 Å². The van der Waals surface area contributed by atoms with Gasteiger partial charge in [-0.05, 0) is 52.2 Å². The molecule has 2 saturated heterocycles. The minimum Gasteiger partial charge on any atom is -0.444 e. The normalized spacial score (nSPS) is 30.4. The fraction of sp³-hybridized carbons (Fsp3) is 0.667. The molecule has 0 spiro atoms. The SMILES string of the molecule is Cc1ccncc1C1(O)CC2CCC(C1)N2C(=O)OC(C)(C)C. The fourth-order valence-corrected chi connectivity index (χ4v) is 4.01. The summed E-state index contributed by atoms with van der Waals surface area (Å²) in [5, 5.41) is 11.2. The highest BCUT2D eigenvalue weighted by atomic mass is 16.6. The number of ether oxygens (including phenoxy) is 1. The van der Waals surface area contributed by atoms with Crippen LogP contribution in [-0.2, 0) is 10.3 Å². The van der Waals surface area contributed by atoms with Crippen molar-refractivity contribution in [2.45, 2.75) is 76.7 Å². The number of aliphatic hydroxyl groups is 1. The number of fused-ring (bicyclic) bond motifs is 2. The Morgan fingerprint density at radius 1 is 1.35 bits per heavy atom. The average Bonchev–Trinajstić information content (AvgIpc) is 2.70. The summed E-state index contributed by atoms with van der Waals surface area (Å²) in [5.74, 6) is 0. The number of amides is 1. The molecule has 126 valence electrons. The molecule has 1 aromatic heterocycles. The first kappa shape index (κ1) is 16.2. The molecule has 1 N–H and O–H groups in total. The van der Waals surface area contributed by atoms with Gasteiger partial charge in [-0.2, -0.15) is 0 Å². The van der Waals surface area contributed by atoms with Gasteiger partial charge in [-0.15, -0.1) is 0 Å². The van der Waals surface area contributed by atoms with Crippen molar-refractivity contribution in [2.24, 2.45) is 0 Å². The van der Waals surface area contributed by atoms with Crippen LogP contribution in [0.4, 0.5) is 4.79 Å². The van der Waals surface area contributed by atoms with E-state index in [1.165, 1.54) is 0 Å². The molecule has 2 aliphatic heterocycles. The summed E-state index contributed by atoms with van der Waals surface area (Å²) < 4.78 is 5.55. The summed E-state index contributed by atoms with van der Waals surface area (Å²) in [6.45, 7) is 7.64. The number of aromatic nitrogens is 1. The summed E-state index contributed by atoms with van der Waals surface area (Å²) in [7, 11) is 0. The predicted molar refractivity (Wildman–Crippen MR) is 87.0 cm³/mol. The van der Waals surface area contributed by atoms with E-state index in [2.05, 4.69) is 4.98 Å². The Kier molecular flexibility index (Phi) is 3.87. The van der Waals surface area contributed by atoms with Crippen LogP contribution in [0.2, 0.25) is 0 Å². The third kappa shape index (κ3) is 3.07. The lowest BCUT2D eigenvalue weighted by molar-refractivity contribution is -0.0628. The van der Waals surface area contributed by atoms with Crippen LogP contribution in [0.3, 0.4) is 0 Å². The molecule has 0 radical (unpaired) electrons. The highest BCUT2D eigenvalue weighted by Gasteiger charge is 2.51. The van der Waals surface area contributed by atoms with Crippen LogP contribution < -0.4 is 0 Å². The van der Waals surface area contributed by atoms with Crippen LogP contribution in [-0.4, -0.2) is 38.8 Å². The summed E-state index contributed by atoms with van der Waals surface area (Å²) in [6, 6.07) is 2.00. The van der Waals surface area contributed by atoms with Crippen molar-refractivity contribution in [3.8, 4) is 0 Å². The number of carbonyl (C=O) groups is 1. The van der Waals surface area contributed by atoms with Crippen molar-refractivity contribution in [1.82, 2.24) is 9.88 Å². The Morgan fingerprint density at radius 2 is 1.96 bits per heavy atom. The van der Waals surface area contributed by atoms with Gasteiger partial charge in [0.1, 0.15) is 5.60 Å². The number of aryl methyl sites for hydroxylation is 1. The zero-order valence-electron chi connectivity index (χ0n) is 14.4. The van der Waals surface area contributed by atoms with Crippen LogP contribution in [0.1, 0.15) is 57.6 Å². The monoisotopic (exact) mass is 318 g/mol. The molecule has 2 bridgehead atoms. The van der Waals surface area contributed by atoms with Gasteiger partial charge in [0.05, 0.1) is 5.60 Å². The van der Waals surface area contributed by atoms with Crippen molar-refractivity contribution in [1.29, 1.82) is 0 Å². The lowest BCUT2D eigenvalue weighted by atomic mass is 9.79. The number of rotatable bonds is 1. The minimum absolute atomic E-state index is 0.0354. The Morgan fingerprint density at radius 3 is 2.48 bits per heavy atom. The van der Waals surface area contributed by atoms with Crippen molar-refractivity contribution in [3.63, 3.8) is 0 Å². The second-order valence-electron chi connectivity index (χ2n) is 7.90. The molecule has 0 aliphatic carbocycles. The number of carbonyl (C=O) groups excluding carboxylic acids is 1. The van der Waals surface area contributed by atoms with E-state index in [1.807, 2.05) is 38.7 Å². The molecule has 5 heteroatoms. The Bertz CT molecular complexity index is 595. The number of nitrogens with zero attached hydrogens (tertiary/aromatic N) is 2. The van der Waals surface area contributed by atoms with Crippen LogP contribution in [0.15, 0.2) is 18.5 Å². The van der Waals surface area contributed by atoms with Gasteiger partial charge in [0.15, 0.2) is 0 Å². The molecule has 2 unspecified atom stereocenters. The van der Waals surface area contributed by atoms with E-state index >= 15 is 0 Å². The van der Waals surface area contributed by atoms with E-state index in [0.717, 1.165) is 24.0 Å². The Labute approximate surface area is 137 Å². The molecule has 0 aromatic carbocycles. The molecule has 3 heterocycles. The van der Waals surface area contributed by atoms with Gasteiger partial charge in [-0.25, -0.2) is 4.79 Å². The quantitative estimate of drug-likeness (QED) is 0.864. The molecular formula is C18H26N2O3. The standard InChI is InChI=1S/C18H26N2O3/c1-12-7-8-19-11-15(12)18(22)9-13-5-6-14(10-18)20(13)16(21)23-17(2,3)4/h7-8,11,13-14,22H,5-6,9-10H2,1-4H3. The lowest BCUT2D eigenvalue weighted by Crippen LogP contribution is -2.53. The van der Waals surface area contributed by atoms with Crippen LogP contribution >= 0.6 is 0 Å².